The Balaban J connectivity index is 2.22. The lowest BCUT2D eigenvalue weighted by Crippen LogP contribution is -1.83. The minimum atomic E-state index is 0.577. The molecule has 0 saturated heterocycles. The smallest absolute Gasteiger partial charge is 0.247 e. The van der Waals surface area contributed by atoms with Crippen LogP contribution in [-0.4, -0.2) is 10.2 Å². The van der Waals surface area contributed by atoms with Crippen molar-refractivity contribution in [2.24, 2.45) is 0 Å². The van der Waals surface area contributed by atoms with Crippen molar-refractivity contribution in [3.8, 4) is 11.5 Å². The monoisotopic (exact) mass is 188 g/mol. The van der Waals surface area contributed by atoms with Crippen molar-refractivity contribution in [3.63, 3.8) is 0 Å². The molecule has 14 heavy (non-hydrogen) atoms. The van der Waals surface area contributed by atoms with Gasteiger partial charge in [-0.25, -0.2) is 0 Å². The number of rotatable bonds is 3. The molecule has 2 rings (SSSR count). The summed E-state index contributed by atoms with van der Waals surface area (Å²) in [6.45, 7) is 2.17. The number of hydrogen-bond donors (Lipinski definition) is 0. The quantitative estimate of drug-likeness (QED) is 0.743. The first-order chi connectivity index (χ1) is 6.90. The highest BCUT2D eigenvalue weighted by molar-refractivity contribution is 5.52. The normalized spacial score (nSPS) is 10.4. The van der Waals surface area contributed by atoms with E-state index in [9.17, 15) is 0 Å². The molecule has 0 aliphatic carbocycles. The Hall–Kier alpha value is -1.64. The molecule has 0 atom stereocenters. The Morgan fingerprint density at radius 3 is 2.57 bits per heavy atom. The molecule has 0 fully saturated rings. The lowest BCUT2D eigenvalue weighted by Gasteiger charge is -1.98. The van der Waals surface area contributed by atoms with Crippen LogP contribution in [0.15, 0.2) is 35.1 Å². The molecule has 1 aromatic carbocycles. The van der Waals surface area contributed by atoms with E-state index >= 15 is 0 Å². The van der Waals surface area contributed by atoms with E-state index in [0.717, 1.165) is 12.0 Å². The highest BCUT2D eigenvalue weighted by atomic mass is 16.4. The molecule has 0 bridgehead atoms. The van der Waals surface area contributed by atoms with E-state index in [0.29, 0.717) is 5.89 Å². The third-order valence-corrected chi connectivity index (χ3v) is 2.10. The van der Waals surface area contributed by atoms with Gasteiger partial charge in [0.1, 0.15) is 0 Å². The second-order valence-electron chi connectivity index (χ2n) is 3.19. The van der Waals surface area contributed by atoms with Crippen molar-refractivity contribution in [1.82, 2.24) is 10.2 Å². The van der Waals surface area contributed by atoms with Gasteiger partial charge in [0.15, 0.2) is 0 Å². The van der Waals surface area contributed by atoms with E-state index in [2.05, 4.69) is 29.3 Å². The van der Waals surface area contributed by atoms with Gasteiger partial charge in [-0.1, -0.05) is 25.5 Å². The first kappa shape index (κ1) is 8.94. The molecule has 72 valence electrons. The van der Waals surface area contributed by atoms with Gasteiger partial charge in [0, 0.05) is 5.56 Å². The molecular weight excluding hydrogens is 176 g/mol. The molecule has 1 heterocycles. The standard InChI is InChI=1S/C11H12N2O/c1-2-3-9-4-6-10(7-5-9)11-13-12-8-14-11/h4-8H,2-3H2,1H3. The maximum absolute atomic E-state index is 5.10. The molecule has 0 aliphatic heterocycles. The molecule has 0 unspecified atom stereocenters. The van der Waals surface area contributed by atoms with E-state index in [1.165, 1.54) is 18.4 Å². The predicted molar refractivity (Wildman–Crippen MR) is 53.7 cm³/mol. The van der Waals surface area contributed by atoms with E-state index in [4.69, 9.17) is 4.42 Å². The van der Waals surface area contributed by atoms with Crippen LogP contribution in [0, 0.1) is 0 Å². The van der Waals surface area contributed by atoms with Crippen molar-refractivity contribution in [2.75, 3.05) is 0 Å². The average Bonchev–Trinajstić information content (AvgIpc) is 2.72. The molecular formula is C11H12N2O. The zero-order valence-electron chi connectivity index (χ0n) is 8.10. The number of benzene rings is 1. The van der Waals surface area contributed by atoms with Crippen LogP contribution in [0.1, 0.15) is 18.9 Å². The first-order valence-electron chi connectivity index (χ1n) is 4.75. The zero-order chi connectivity index (χ0) is 9.80. The highest BCUT2D eigenvalue weighted by Crippen LogP contribution is 2.16. The molecule has 3 heteroatoms. The lowest BCUT2D eigenvalue weighted by atomic mass is 10.1. The van der Waals surface area contributed by atoms with Gasteiger partial charge in [-0.15, -0.1) is 10.2 Å². The fourth-order valence-electron chi connectivity index (χ4n) is 1.40. The number of aryl methyl sites for hydroxylation is 1. The van der Waals surface area contributed by atoms with Gasteiger partial charge in [0.05, 0.1) is 0 Å². The fourth-order valence-corrected chi connectivity index (χ4v) is 1.40. The number of aromatic nitrogens is 2. The van der Waals surface area contributed by atoms with Crippen molar-refractivity contribution in [2.45, 2.75) is 19.8 Å². The molecule has 3 nitrogen and oxygen atoms in total. The van der Waals surface area contributed by atoms with E-state index < -0.39 is 0 Å². The summed E-state index contributed by atoms with van der Waals surface area (Å²) >= 11 is 0. The molecule has 1 aromatic heterocycles. The maximum atomic E-state index is 5.10. The summed E-state index contributed by atoms with van der Waals surface area (Å²) in [5.74, 6) is 0.577. The molecule has 0 amide bonds. The maximum Gasteiger partial charge on any atom is 0.247 e. The number of hydrogen-bond acceptors (Lipinski definition) is 3. The topological polar surface area (TPSA) is 38.9 Å². The van der Waals surface area contributed by atoms with Crippen LogP contribution < -0.4 is 0 Å². The Labute approximate surface area is 82.8 Å². The number of nitrogens with zero attached hydrogens (tertiary/aromatic N) is 2. The lowest BCUT2D eigenvalue weighted by molar-refractivity contribution is 0.568. The minimum absolute atomic E-state index is 0.577. The van der Waals surface area contributed by atoms with Crippen LogP contribution >= 0.6 is 0 Å². The van der Waals surface area contributed by atoms with Gasteiger partial charge in [0.2, 0.25) is 12.3 Å². The summed E-state index contributed by atoms with van der Waals surface area (Å²) in [6, 6.07) is 8.23. The van der Waals surface area contributed by atoms with E-state index in [-0.39, 0.29) is 0 Å². The molecule has 2 aromatic rings. The second kappa shape index (κ2) is 4.05. The molecule has 0 aliphatic rings. The first-order valence-corrected chi connectivity index (χ1v) is 4.75. The van der Waals surface area contributed by atoms with Crippen LogP contribution in [0.5, 0.6) is 0 Å². The SMILES string of the molecule is CCCc1ccc(-c2nnco2)cc1. The Kier molecular flexibility index (Phi) is 2.58. The molecule has 0 saturated carbocycles. The van der Waals surface area contributed by atoms with Crippen molar-refractivity contribution in [1.29, 1.82) is 0 Å². The second-order valence-corrected chi connectivity index (χ2v) is 3.19. The van der Waals surface area contributed by atoms with Crippen molar-refractivity contribution in [3.05, 3.63) is 36.2 Å². The van der Waals surface area contributed by atoms with Gasteiger partial charge < -0.3 is 4.42 Å². The summed E-state index contributed by atoms with van der Waals surface area (Å²) in [5.41, 5.74) is 2.32. The highest BCUT2D eigenvalue weighted by Gasteiger charge is 2.01. The van der Waals surface area contributed by atoms with Crippen LogP contribution in [0.2, 0.25) is 0 Å². The molecule has 0 radical (unpaired) electrons. The van der Waals surface area contributed by atoms with Gasteiger partial charge >= 0.3 is 0 Å². The van der Waals surface area contributed by atoms with Crippen LogP contribution in [0.4, 0.5) is 0 Å². The summed E-state index contributed by atoms with van der Waals surface area (Å²) < 4.78 is 5.10. The van der Waals surface area contributed by atoms with Crippen LogP contribution in [0.3, 0.4) is 0 Å². The molecule has 0 N–H and O–H groups in total. The third-order valence-electron chi connectivity index (χ3n) is 2.10. The van der Waals surface area contributed by atoms with Crippen LogP contribution in [0.25, 0.3) is 11.5 Å². The third kappa shape index (κ3) is 1.82. The predicted octanol–water partition coefficient (Wildman–Crippen LogP) is 2.69. The zero-order valence-corrected chi connectivity index (χ0v) is 8.10. The van der Waals surface area contributed by atoms with E-state index in [1.807, 2.05) is 12.1 Å². The minimum Gasteiger partial charge on any atom is -0.423 e. The van der Waals surface area contributed by atoms with Crippen LogP contribution in [-0.2, 0) is 6.42 Å². The summed E-state index contributed by atoms with van der Waals surface area (Å²) in [4.78, 5) is 0. The Morgan fingerprint density at radius 1 is 1.21 bits per heavy atom. The van der Waals surface area contributed by atoms with Gasteiger partial charge in [0.25, 0.3) is 0 Å². The Bertz CT molecular complexity index is 378. The van der Waals surface area contributed by atoms with Gasteiger partial charge in [-0.2, -0.15) is 0 Å². The van der Waals surface area contributed by atoms with E-state index in [1.54, 1.807) is 0 Å². The molecule has 0 spiro atoms. The van der Waals surface area contributed by atoms with Gasteiger partial charge in [-0.3, -0.25) is 0 Å². The fraction of sp³-hybridized carbons (Fsp3) is 0.273. The van der Waals surface area contributed by atoms with Gasteiger partial charge in [-0.05, 0) is 24.1 Å². The largest absolute Gasteiger partial charge is 0.423 e. The average molecular weight is 188 g/mol. The summed E-state index contributed by atoms with van der Waals surface area (Å²) in [6.07, 6.45) is 3.62. The van der Waals surface area contributed by atoms with Crippen molar-refractivity contribution < 1.29 is 4.42 Å². The summed E-state index contributed by atoms with van der Waals surface area (Å²) in [7, 11) is 0. The Morgan fingerprint density at radius 2 is 2.00 bits per heavy atom. The van der Waals surface area contributed by atoms with Crippen molar-refractivity contribution >= 4 is 0 Å². The summed E-state index contributed by atoms with van der Waals surface area (Å²) in [5, 5.41) is 7.49.